The van der Waals surface area contributed by atoms with Crippen LogP contribution in [0.1, 0.15) is 11.8 Å². The van der Waals surface area contributed by atoms with Gasteiger partial charge in [-0.2, -0.15) is 0 Å². The van der Waals surface area contributed by atoms with Crippen molar-refractivity contribution in [1.82, 2.24) is 10.2 Å². The number of para-hydroxylation sites is 2. The number of nitrogens with one attached hydrogen (secondary N) is 1. The molecule has 1 N–H and O–H groups in total. The number of aliphatic imine (C=N–C) groups is 1. The first kappa shape index (κ1) is 19.8. The summed E-state index contributed by atoms with van der Waals surface area (Å²) in [5.41, 5.74) is 1.04. The Morgan fingerprint density at radius 2 is 1.83 bits per heavy atom. The molecule has 4 rings (SSSR count). The summed E-state index contributed by atoms with van der Waals surface area (Å²) >= 11 is 0. The molecule has 1 amide bonds. The topological polar surface area (TPSA) is 96.6 Å². The van der Waals surface area contributed by atoms with Crippen molar-refractivity contribution in [2.75, 3.05) is 45.3 Å². The standard InChI is InChI=1S/C21H24N4O5/c1-28-15-7-4-3-6-14(15)24-9-11-25(12-10-24)21-22-18(16-8-5-13-30-16)17(19(26)23-21)20(27)29-2/h3-8,13,17-18H,9-12H2,1-2H3,(H,22,23,26)/t17-,18-/m1/s1. The molecule has 0 spiro atoms. The fourth-order valence-electron chi connectivity index (χ4n) is 3.83. The summed E-state index contributed by atoms with van der Waals surface area (Å²) in [5, 5.41) is 2.77. The average Bonchev–Trinajstić information content (AvgIpc) is 3.33. The van der Waals surface area contributed by atoms with Crippen LogP contribution in [0, 0.1) is 5.92 Å². The number of hydrogen-bond donors (Lipinski definition) is 1. The molecular weight excluding hydrogens is 388 g/mol. The lowest BCUT2D eigenvalue weighted by atomic mass is 9.95. The molecule has 9 heteroatoms. The highest BCUT2D eigenvalue weighted by molar-refractivity contribution is 6.08. The van der Waals surface area contributed by atoms with Crippen LogP contribution in [0.5, 0.6) is 5.75 Å². The van der Waals surface area contributed by atoms with Gasteiger partial charge in [-0.25, -0.2) is 4.99 Å². The van der Waals surface area contributed by atoms with Crippen LogP contribution in [0.3, 0.4) is 0 Å². The molecule has 1 saturated heterocycles. The Kier molecular flexibility index (Phi) is 5.60. The van der Waals surface area contributed by atoms with Gasteiger partial charge in [-0.05, 0) is 24.3 Å². The third-order valence-corrected chi connectivity index (χ3v) is 5.39. The molecule has 30 heavy (non-hydrogen) atoms. The van der Waals surface area contributed by atoms with Gasteiger partial charge < -0.3 is 23.7 Å². The number of carbonyl (C=O) groups is 2. The third kappa shape index (κ3) is 3.70. The van der Waals surface area contributed by atoms with Gasteiger partial charge in [0.1, 0.15) is 17.6 Å². The lowest BCUT2D eigenvalue weighted by Gasteiger charge is -2.39. The average molecular weight is 412 g/mol. The second-order valence-electron chi connectivity index (χ2n) is 7.05. The molecule has 1 fully saturated rings. The lowest BCUT2D eigenvalue weighted by Crippen LogP contribution is -2.57. The van der Waals surface area contributed by atoms with Gasteiger partial charge in [0.15, 0.2) is 5.92 Å². The lowest BCUT2D eigenvalue weighted by molar-refractivity contribution is -0.151. The normalized spacial score (nSPS) is 21.7. The molecule has 1 aromatic heterocycles. The Bertz CT molecular complexity index is 935. The van der Waals surface area contributed by atoms with E-state index in [0.717, 1.165) is 24.5 Å². The van der Waals surface area contributed by atoms with Gasteiger partial charge in [-0.15, -0.1) is 0 Å². The van der Waals surface area contributed by atoms with Crippen molar-refractivity contribution in [3.63, 3.8) is 0 Å². The highest BCUT2D eigenvalue weighted by atomic mass is 16.5. The first-order chi connectivity index (χ1) is 14.6. The van der Waals surface area contributed by atoms with Crippen molar-refractivity contribution in [3.8, 4) is 5.75 Å². The summed E-state index contributed by atoms with van der Waals surface area (Å²) in [5.74, 6) is -0.447. The Labute approximate surface area is 174 Å². The van der Waals surface area contributed by atoms with E-state index >= 15 is 0 Å². The fraction of sp³-hybridized carbons (Fsp3) is 0.381. The maximum Gasteiger partial charge on any atom is 0.320 e. The molecule has 1 aromatic carbocycles. The molecule has 0 unspecified atom stereocenters. The number of piperazine rings is 1. The van der Waals surface area contributed by atoms with E-state index in [9.17, 15) is 9.59 Å². The van der Waals surface area contributed by atoms with Gasteiger partial charge >= 0.3 is 5.97 Å². The largest absolute Gasteiger partial charge is 0.495 e. The van der Waals surface area contributed by atoms with Gasteiger partial charge in [0.2, 0.25) is 11.9 Å². The van der Waals surface area contributed by atoms with Gasteiger partial charge in [0.05, 0.1) is 26.2 Å². The van der Waals surface area contributed by atoms with E-state index in [2.05, 4.69) is 15.2 Å². The van der Waals surface area contributed by atoms with Crippen molar-refractivity contribution >= 4 is 23.5 Å². The second kappa shape index (κ2) is 8.48. The maximum absolute atomic E-state index is 12.7. The molecule has 0 bridgehead atoms. The molecule has 0 radical (unpaired) electrons. The predicted octanol–water partition coefficient (Wildman–Crippen LogP) is 1.43. The molecule has 2 atom stereocenters. The molecule has 3 heterocycles. The minimum Gasteiger partial charge on any atom is -0.495 e. The number of carbonyl (C=O) groups excluding carboxylic acids is 2. The molecule has 0 saturated carbocycles. The number of guanidine groups is 1. The van der Waals surface area contributed by atoms with Crippen molar-refractivity contribution in [3.05, 3.63) is 48.4 Å². The first-order valence-electron chi connectivity index (χ1n) is 9.75. The SMILES string of the molecule is COC(=O)[C@H]1C(=O)NC(N2CCN(c3ccccc3OC)CC2)=N[C@@H]1c1ccco1. The number of nitrogens with zero attached hydrogens (tertiary/aromatic N) is 3. The van der Waals surface area contributed by atoms with E-state index in [1.807, 2.05) is 29.2 Å². The minimum atomic E-state index is -1.08. The van der Waals surface area contributed by atoms with Crippen molar-refractivity contribution in [2.24, 2.45) is 10.9 Å². The molecule has 0 aliphatic carbocycles. The number of ether oxygens (including phenoxy) is 2. The molecule has 2 aromatic rings. The number of hydrogen-bond acceptors (Lipinski definition) is 8. The van der Waals surface area contributed by atoms with Gasteiger partial charge in [-0.3, -0.25) is 14.9 Å². The number of amides is 1. The van der Waals surface area contributed by atoms with Crippen LogP contribution < -0.4 is 15.0 Å². The van der Waals surface area contributed by atoms with Crippen molar-refractivity contribution < 1.29 is 23.5 Å². The predicted molar refractivity (Wildman–Crippen MR) is 109 cm³/mol. The zero-order valence-electron chi connectivity index (χ0n) is 16.9. The van der Waals surface area contributed by atoms with Crippen LogP contribution in [0.4, 0.5) is 5.69 Å². The van der Waals surface area contributed by atoms with Crippen LogP contribution in [0.2, 0.25) is 0 Å². The van der Waals surface area contributed by atoms with E-state index in [1.54, 1.807) is 19.2 Å². The molecule has 158 valence electrons. The Morgan fingerprint density at radius 1 is 1.10 bits per heavy atom. The molecule has 2 aliphatic rings. The van der Waals surface area contributed by atoms with Gasteiger partial charge in [0.25, 0.3) is 0 Å². The second-order valence-corrected chi connectivity index (χ2v) is 7.05. The first-order valence-corrected chi connectivity index (χ1v) is 9.75. The zero-order chi connectivity index (χ0) is 21.1. The number of esters is 1. The minimum absolute atomic E-state index is 0.444. The summed E-state index contributed by atoms with van der Waals surface area (Å²) < 4.78 is 15.7. The summed E-state index contributed by atoms with van der Waals surface area (Å²) in [6, 6.07) is 10.5. The highest BCUT2D eigenvalue weighted by Crippen LogP contribution is 2.32. The van der Waals surface area contributed by atoms with E-state index in [4.69, 9.17) is 13.9 Å². The van der Waals surface area contributed by atoms with Crippen LogP contribution in [-0.2, 0) is 14.3 Å². The van der Waals surface area contributed by atoms with Crippen LogP contribution in [0.25, 0.3) is 0 Å². The smallest absolute Gasteiger partial charge is 0.320 e. The van der Waals surface area contributed by atoms with Crippen LogP contribution in [0.15, 0.2) is 52.1 Å². The number of furan rings is 1. The number of benzene rings is 1. The van der Waals surface area contributed by atoms with Crippen molar-refractivity contribution in [1.29, 1.82) is 0 Å². The summed E-state index contributed by atoms with van der Waals surface area (Å²) in [6.45, 7) is 2.79. The van der Waals surface area contributed by atoms with Crippen molar-refractivity contribution in [2.45, 2.75) is 6.04 Å². The van der Waals surface area contributed by atoms with E-state index in [-0.39, 0.29) is 0 Å². The summed E-state index contributed by atoms with van der Waals surface area (Å²) in [6.07, 6.45) is 1.50. The Morgan fingerprint density at radius 3 is 2.50 bits per heavy atom. The van der Waals surface area contributed by atoms with Gasteiger partial charge in [0, 0.05) is 26.2 Å². The van der Waals surface area contributed by atoms with E-state index in [1.165, 1.54) is 13.4 Å². The van der Waals surface area contributed by atoms with E-state index in [0.29, 0.717) is 24.8 Å². The number of methoxy groups -OCH3 is 2. The Balaban J connectivity index is 1.53. The quantitative estimate of drug-likeness (QED) is 0.599. The highest BCUT2D eigenvalue weighted by Gasteiger charge is 2.43. The molecular formula is C21H24N4O5. The summed E-state index contributed by atoms with van der Waals surface area (Å²) in [4.78, 5) is 33.8. The summed E-state index contributed by atoms with van der Waals surface area (Å²) in [7, 11) is 2.92. The Hall–Kier alpha value is -3.49. The third-order valence-electron chi connectivity index (χ3n) is 5.39. The maximum atomic E-state index is 12.7. The monoisotopic (exact) mass is 412 g/mol. The zero-order valence-corrected chi connectivity index (χ0v) is 16.9. The number of rotatable bonds is 4. The fourth-order valence-corrected chi connectivity index (χ4v) is 3.83. The number of anilines is 1. The van der Waals surface area contributed by atoms with E-state index < -0.39 is 23.8 Å². The molecule has 9 nitrogen and oxygen atoms in total. The van der Waals surface area contributed by atoms with Gasteiger partial charge in [-0.1, -0.05) is 12.1 Å². The van der Waals surface area contributed by atoms with Crippen LogP contribution in [-0.4, -0.2) is 63.1 Å². The molecule has 2 aliphatic heterocycles. The van der Waals surface area contributed by atoms with Crippen LogP contribution >= 0.6 is 0 Å².